The number of carbonyl (C=O) groups excluding carboxylic acids is 2. The molecule has 35 heavy (non-hydrogen) atoms. The zero-order valence-electron chi connectivity index (χ0n) is 17.6. The van der Waals surface area contributed by atoms with E-state index >= 15 is 0 Å². The van der Waals surface area contributed by atoms with E-state index in [0.717, 1.165) is 17.4 Å². The molecule has 0 unspecified atom stereocenters. The van der Waals surface area contributed by atoms with Crippen LogP contribution in [0.1, 0.15) is 20.8 Å². The van der Waals surface area contributed by atoms with Gasteiger partial charge in [0, 0.05) is 22.2 Å². The summed E-state index contributed by atoms with van der Waals surface area (Å²) in [5.74, 6) is -1.37. The van der Waals surface area contributed by atoms with Crippen LogP contribution in [0.2, 0.25) is 5.02 Å². The minimum atomic E-state index is -0.694. The lowest BCUT2D eigenvalue weighted by atomic mass is 10.1. The molecule has 11 heteroatoms. The van der Waals surface area contributed by atoms with E-state index in [1.807, 2.05) is 0 Å². The molecular weight excluding hydrogens is 500 g/mol. The van der Waals surface area contributed by atoms with Gasteiger partial charge >= 0.3 is 0 Å². The summed E-state index contributed by atoms with van der Waals surface area (Å²) in [4.78, 5) is 29.5. The average Bonchev–Trinajstić information content (AvgIpc) is 3.52. The second-order valence-electron chi connectivity index (χ2n) is 7.34. The van der Waals surface area contributed by atoms with Crippen molar-refractivity contribution >= 4 is 46.1 Å². The second kappa shape index (κ2) is 9.32. The van der Waals surface area contributed by atoms with E-state index < -0.39 is 23.4 Å². The molecule has 0 radical (unpaired) electrons. The van der Waals surface area contributed by atoms with Crippen LogP contribution >= 0.6 is 22.9 Å². The number of carbonyl (C=O) groups is 2. The largest absolute Gasteiger partial charge is 0.454 e. The highest BCUT2D eigenvalue weighted by Crippen LogP contribution is 2.33. The molecule has 0 spiro atoms. The number of nitrogens with zero attached hydrogens (tertiary/aromatic N) is 1. The topological polar surface area (TPSA) is 89.6 Å². The van der Waals surface area contributed by atoms with E-state index in [-0.39, 0.29) is 28.9 Å². The second-order valence-corrected chi connectivity index (χ2v) is 8.60. The van der Waals surface area contributed by atoms with Crippen LogP contribution in [0.25, 0.3) is 10.6 Å². The van der Waals surface area contributed by atoms with Gasteiger partial charge in [-0.05, 0) is 54.6 Å². The Morgan fingerprint density at radius 1 is 0.914 bits per heavy atom. The van der Waals surface area contributed by atoms with Crippen molar-refractivity contribution < 1.29 is 27.8 Å². The van der Waals surface area contributed by atoms with Gasteiger partial charge in [-0.15, -0.1) is 11.3 Å². The average molecular weight is 514 g/mol. The van der Waals surface area contributed by atoms with Gasteiger partial charge in [-0.25, -0.2) is 13.8 Å². The first-order valence-electron chi connectivity index (χ1n) is 10.1. The molecule has 1 aliphatic heterocycles. The van der Waals surface area contributed by atoms with Gasteiger partial charge in [0.1, 0.15) is 22.3 Å². The van der Waals surface area contributed by atoms with Crippen LogP contribution in [-0.4, -0.2) is 23.6 Å². The lowest BCUT2D eigenvalue weighted by Gasteiger charge is -2.10. The summed E-state index contributed by atoms with van der Waals surface area (Å²) in [6, 6.07) is 12.6. The Kier molecular flexibility index (Phi) is 6.06. The van der Waals surface area contributed by atoms with Crippen molar-refractivity contribution in [3.8, 4) is 22.1 Å². The van der Waals surface area contributed by atoms with E-state index in [0.29, 0.717) is 27.6 Å². The predicted octanol–water partition coefficient (Wildman–Crippen LogP) is 5.98. The molecule has 0 atom stereocenters. The fourth-order valence-electron chi connectivity index (χ4n) is 3.27. The molecule has 4 aromatic rings. The molecule has 0 aliphatic carbocycles. The summed E-state index contributed by atoms with van der Waals surface area (Å²) in [5.41, 5.74) is 1.03. The predicted molar refractivity (Wildman–Crippen MR) is 127 cm³/mol. The third kappa shape index (κ3) is 4.79. The highest BCUT2D eigenvalue weighted by Gasteiger charge is 2.18. The lowest BCUT2D eigenvalue weighted by Crippen LogP contribution is -2.15. The van der Waals surface area contributed by atoms with Crippen molar-refractivity contribution in [2.75, 3.05) is 17.4 Å². The van der Waals surface area contributed by atoms with Crippen LogP contribution in [0.15, 0.2) is 60.0 Å². The Bertz CT molecular complexity index is 1480. The molecule has 0 bridgehead atoms. The molecule has 0 saturated carbocycles. The fourth-order valence-corrected chi connectivity index (χ4v) is 4.24. The molecular formula is C24H14ClF2N3O4S. The Balaban J connectivity index is 1.30. The maximum absolute atomic E-state index is 14.4. The number of hydrogen-bond acceptors (Lipinski definition) is 6. The van der Waals surface area contributed by atoms with Gasteiger partial charge < -0.3 is 20.1 Å². The smallest absolute Gasteiger partial charge is 0.275 e. The molecule has 3 aromatic carbocycles. The first-order chi connectivity index (χ1) is 16.9. The normalized spacial score (nSPS) is 11.9. The first kappa shape index (κ1) is 22.8. The van der Waals surface area contributed by atoms with E-state index in [4.69, 9.17) is 21.1 Å². The Hall–Kier alpha value is -4.02. The summed E-state index contributed by atoms with van der Waals surface area (Å²) in [6.07, 6.45) is 0. The van der Waals surface area contributed by atoms with E-state index in [2.05, 4.69) is 15.6 Å². The number of fused-ring (bicyclic) bond motifs is 1. The number of hydrogen-bond donors (Lipinski definition) is 2. The number of rotatable bonds is 5. The van der Waals surface area contributed by atoms with Crippen molar-refractivity contribution in [2.45, 2.75) is 0 Å². The van der Waals surface area contributed by atoms with E-state index in [1.165, 1.54) is 41.8 Å². The molecule has 0 fully saturated rings. The Morgan fingerprint density at radius 2 is 1.71 bits per heavy atom. The highest BCUT2D eigenvalue weighted by atomic mass is 35.5. The number of benzene rings is 3. The Morgan fingerprint density at radius 3 is 2.54 bits per heavy atom. The number of aromatic nitrogens is 1. The van der Waals surface area contributed by atoms with Crippen LogP contribution in [0.3, 0.4) is 0 Å². The maximum atomic E-state index is 14.4. The molecule has 1 aromatic heterocycles. The van der Waals surface area contributed by atoms with Crippen molar-refractivity contribution in [1.29, 1.82) is 0 Å². The molecule has 2 heterocycles. The molecule has 5 rings (SSSR count). The zero-order chi connectivity index (χ0) is 24.5. The van der Waals surface area contributed by atoms with Crippen molar-refractivity contribution in [3.63, 3.8) is 0 Å². The summed E-state index contributed by atoms with van der Waals surface area (Å²) in [7, 11) is 0. The van der Waals surface area contributed by atoms with Gasteiger partial charge in [0.05, 0.1) is 10.7 Å². The van der Waals surface area contributed by atoms with Crippen molar-refractivity contribution in [3.05, 3.63) is 87.9 Å². The van der Waals surface area contributed by atoms with Gasteiger partial charge in [-0.1, -0.05) is 11.6 Å². The van der Waals surface area contributed by atoms with E-state index in [9.17, 15) is 18.4 Å². The van der Waals surface area contributed by atoms with Crippen molar-refractivity contribution in [1.82, 2.24) is 4.98 Å². The third-order valence-electron chi connectivity index (χ3n) is 5.01. The van der Waals surface area contributed by atoms with Crippen LogP contribution < -0.4 is 20.1 Å². The lowest BCUT2D eigenvalue weighted by molar-refractivity contribution is 0.101. The highest BCUT2D eigenvalue weighted by molar-refractivity contribution is 7.13. The van der Waals surface area contributed by atoms with Gasteiger partial charge in [-0.3, -0.25) is 9.59 Å². The number of ether oxygens (including phenoxy) is 2. The molecule has 1 aliphatic rings. The Labute approximate surface area is 206 Å². The number of halogens is 3. The molecule has 7 nitrogen and oxygen atoms in total. The number of amides is 2. The summed E-state index contributed by atoms with van der Waals surface area (Å²) >= 11 is 6.97. The quantitative estimate of drug-likeness (QED) is 0.343. The standard InChI is InChI=1S/C24H14ClF2N3O4S/c25-15-7-13(1-4-16(15)26)24-30-19(10-35-24)23(32)29-18-9-14(3-5-17(18)27)28-22(31)12-2-6-20-21(8-12)34-11-33-20/h1-10H,11H2,(H,28,31)(H,29,32). The summed E-state index contributed by atoms with van der Waals surface area (Å²) in [6.45, 7) is 0.0829. The number of nitrogens with one attached hydrogen (secondary N) is 2. The molecule has 0 saturated heterocycles. The number of thiazole rings is 1. The number of anilines is 2. The minimum absolute atomic E-state index is 0.0413. The molecule has 2 amide bonds. The van der Waals surface area contributed by atoms with Crippen LogP contribution in [0, 0.1) is 11.6 Å². The van der Waals surface area contributed by atoms with Gasteiger partial charge in [-0.2, -0.15) is 0 Å². The maximum Gasteiger partial charge on any atom is 0.275 e. The van der Waals surface area contributed by atoms with Crippen LogP contribution in [0.4, 0.5) is 20.2 Å². The molecule has 176 valence electrons. The van der Waals surface area contributed by atoms with Gasteiger partial charge in [0.15, 0.2) is 11.5 Å². The monoisotopic (exact) mass is 513 g/mol. The van der Waals surface area contributed by atoms with E-state index in [1.54, 1.807) is 12.1 Å². The van der Waals surface area contributed by atoms with Gasteiger partial charge in [0.2, 0.25) is 6.79 Å². The summed E-state index contributed by atoms with van der Waals surface area (Å²) < 4.78 is 38.3. The van der Waals surface area contributed by atoms with Crippen LogP contribution in [-0.2, 0) is 0 Å². The zero-order valence-corrected chi connectivity index (χ0v) is 19.2. The summed E-state index contributed by atoms with van der Waals surface area (Å²) in [5, 5.41) is 6.98. The van der Waals surface area contributed by atoms with Crippen LogP contribution in [0.5, 0.6) is 11.5 Å². The minimum Gasteiger partial charge on any atom is -0.454 e. The third-order valence-corrected chi connectivity index (χ3v) is 6.19. The molecule has 2 N–H and O–H groups in total. The SMILES string of the molecule is O=C(Nc1ccc(F)c(NC(=O)c2csc(-c3ccc(F)c(Cl)c3)n2)c1)c1ccc2c(c1)OCO2. The van der Waals surface area contributed by atoms with Gasteiger partial charge in [0.25, 0.3) is 11.8 Å². The first-order valence-corrected chi connectivity index (χ1v) is 11.4. The van der Waals surface area contributed by atoms with Crippen molar-refractivity contribution in [2.24, 2.45) is 0 Å². The fraction of sp³-hybridized carbons (Fsp3) is 0.0417.